The molecule has 0 heterocycles. The van der Waals surface area contributed by atoms with Gasteiger partial charge in [-0.05, 0) is 25.0 Å². The first kappa shape index (κ1) is 22.1. The summed E-state index contributed by atoms with van der Waals surface area (Å²) in [6.45, 7) is -0.565. The number of ether oxygens (including phenoxy) is 4. The van der Waals surface area contributed by atoms with E-state index in [0.29, 0.717) is 22.8 Å². The highest BCUT2D eigenvalue weighted by atomic mass is 16.5. The van der Waals surface area contributed by atoms with Crippen molar-refractivity contribution in [3.63, 3.8) is 0 Å². The van der Waals surface area contributed by atoms with Gasteiger partial charge in [0.2, 0.25) is 0 Å². The lowest BCUT2D eigenvalue weighted by Gasteiger charge is -2.12. The monoisotopic (exact) mass is 406 g/mol. The van der Waals surface area contributed by atoms with Crippen molar-refractivity contribution in [1.29, 1.82) is 0 Å². The van der Waals surface area contributed by atoms with Gasteiger partial charge >= 0.3 is 12.0 Å². The molecule has 0 aliphatic heterocycles. The minimum atomic E-state index is -0.742. The molecule has 1 fully saturated rings. The maximum absolute atomic E-state index is 11.9. The molecule has 0 unspecified atom stereocenters. The van der Waals surface area contributed by atoms with Crippen LogP contribution in [-0.4, -0.2) is 51.9 Å². The summed E-state index contributed by atoms with van der Waals surface area (Å²) in [5.74, 6) is -0.0299. The Kier molecular flexibility index (Phi) is 8.32. The van der Waals surface area contributed by atoms with Crippen LogP contribution >= 0.6 is 0 Å². The first-order valence-electron chi connectivity index (χ1n) is 9.22. The van der Waals surface area contributed by atoms with Gasteiger partial charge in [0, 0.05) is 23.7 Å². The largest absolute Gasteiger partial charge is 0.496 e. The van der Waals surface area contributed by atoms with Crippen LogP contribution in [-0.2, 0) is 14.3 Å². The Bertz CT molecular complexity index is 770. The molecule has 1 aliphatic rings. The number of amides is 3. The molecule has 9 nitrogen and oxygen atoms in total. The summed E-state index contributed by atoms with van der Waals surface area (Å²) in [6.07, 6.45) is 6.55. The zero-order chi connectivity index (χ0) is 21.2. The number of methoxy groups -OCH3 is 3. The van der Waals surface area contributed by atoms with Crippen LogP contribution in [0.3, 0.4) is 0 Å². The smallest absolute Gasteiger partial charge is 0.331 e. The second-order valence-electron chi connectivity index (χ2n) is 6.39. The summed E-state index contributed by atoms with van der Waals surface area (Å²) in [7, 11) is 4.48. The van der Waals surface area contributed by atoms with Gasteiger partial charge in [0.1, 0.15) is 5.75 Å². The summed E-state index contributed by atoms with van der Waals surface area (Å²) in [5.41, 5.74) is 0.558. The van der Waals surface area contributed by atoms with Crippen LogP contribution in [0.4, 0.5) is 4.79 Å². The second-order valence-corrected chi connectivity index (χ2v) is 6.39. The summed E-state index contributed by atoms with van der Waals surface area (Å²) in [4.78, 5) is 35.3. The van der Waals surface area contributed by atoms with Crippen molar-refractivity contribution < 1.29 is 33.3 Å². The molecule has 0 saturated heterocycles. The topological polar surface area (TPSA) is 112 Å². The zero-order valence-electron chi connectivity index (χ0n) is 16.8. The van der Waals surface area contributed by atoms with Gasteiger partial charge in [-0.1, -0.05) is 12.8 Å². The highest BCUT2D eigenvalue weighted by Crippen LogP contribution is 2.35. The SMILES string of the molecule is COc1cc(OC)c(OC)cc1/C=C/C(=O)OCC(=O)NC(=O)NC1CCCC1. The van der Waals surface area contributed by atoms with Gasteiger partial charge in [0.15, 0.2) is 18.1 Å². The first-order chi connectivity index (χ1) is 14.0. The lowest BCUT2D eigenvalue weighted by atomic mass is 10.1. The molecule has 3 amide bonds. The van der Waals surface area contributed by atoms with Crippen molar-refractivity contribution in [1.82, 2.24) is 10.6 Å². The predicted octanol–water partition coefficient (Wildman–Crippen LogP) is 2.04. The van der Waals surface area contributed by atoms with Crippen LogP contribution < -0.4 is 24.8 Å². The van der Waals surface area contributed by atoms with Crippen LogP contribution in [0.15, 0.2) is 18.2 Å². The van der Waals surface area contributed by atoms with E-state index < -0.39 is 24.5 Å². The quantitative estimate of drug-likeness (QED) is 0.502. The molecule has 1 aliphatic carbocycles. The van der Waals surface area contributed by atoms with E-state index in [1.807, 2.05) is 0 Å². The maximum atomic E-state index is 11.9. The minimum absolute atomic E-state index is 0.0877. The fourth-order valence-corrected chi connectivity index (χ4v) is 2.98. The molecule has 0 aromatic heterocycles. The number of hydrogen-bond donors (Lipinski definition) is 2. The lowest BCUT2D eigenvalue weighted by Crippen LogP contribution is -2.44. The molecule has 2 N–H and O–H groups in total. The molecule has 1 saturated carbocycles. The van der Waals surface area contributed by atoms with E-state index in [1.54, 1.807) is 12.1 Å². The third kappa shape index (κ3) is 6.70. The number of rotatable bonds is 8. The highest BCUT2D eigenvalue weighted by molar-refractivity contribution is 5.96. The van der Waals surface area contributed by atoms with Gasteiger partial charge in [-0.2, -0.15) is 0 Å². The first-order valence-corrected chi connectivity index (χ1v) is 9.22. The fourth-order valence-electron chi connectivity index (χ4n) is 2.98. The Morgan fingerprint density at radius 3 is 2.24 bits per heavy atom. The van der Waals surface area contributed by atoms with Crippen LogP contribution in [0.2, 0.25) is 0 Å². The van der Waals surface area contributed by atoms with E-state index >= 15 is 0 Å². The number of carbonyl (C=O) groups excluding carboxylic acids is 3. The molecule has 29 heavy (non-hydrogen) atoms. The molecule has 0 bridgehead atoms. The van der Waals surface area contributed by atoms with E-state index in [-0.39, 0.29) is 6.04 Å². The predicted molar refractivity (Wildman–Crippen MR) is 105 cm³/mol. The van der Waals surface area contributed by atoms with Gasteiger partial charge in [0.25, 0.3) is 5.91 Å². The minimum Gasteiger partial charge on any atom is -0.496 e. The third-order valence-corrected chi connectivity index (χ3v) is 4.42. The molecule has 158 valence electrons. The van der Waals surface area contributed by atoms with Crippen LogP contribution in [0, 0.1) is 0 Å². The van der Waals surface area contributed by atoms with Gasteiger partial charge in [0.05, 0.1) is 21.3 Å². The Morgan fingerprint density at radius 1 is 1.00 bits per heavy atom. The van der Waals surface area contributed by atoms with Gasteiger partial charge in [-0.25, -0.2) is 9.59 Å². The van der Waals surface area contributed by atoms with E-state index in [4.69, 9.17) is 18.9 Å². The molecule has 0 atom stereocenters. The molecular weight excluding hydrogens is 380 g/mol. The zero-order valence-corrected chi connectivity index (χ0v) is 16.8. The van der Waals surface area contributed by atoms with E-state index in [9.17, 15) is 14.4 Å². The molecule has 1 aromatic rings. The average molecular weight is 406 g/mol. The van der Waals surface area contributed by atoms with Crippen molar-refractivity contribution in [2.75, 3.05) is 27.9 Å². The second kappa shape index (κ2) is 10.9. The number of urea groups is 1. The van der Waals surface area contributed by atoms with Crippen LogP contribution in [0.25, 0.3) is 6.08 Å². The molecule has 0 radical (unpaired) electrons. The number of esters is 1. The number of hydrogen-bond acceptors (Lipinski definition) is 7. The molecule has 1 aromatic carbocycles. The molecule has 9 heteroatoms. The summed E-state index contributed by atoms with van der Waals surface area (Å²) < 4.78 is 20.6. The van der Waals surface area contributed by atoms with E-state index in [2.05, 4.69) is 10.6 Å². The van der Waals surface area contributed by atoms with Gasteiger partial charge in [-0.15, -0.1) is 0 Å². The lowest BCUT2D eigenvalue weighted by molar-refractivity contribution is -0.143. The average Bonchev–Trinajstić information content (AvgIpc) is 3.22. The Hall–Kier alpha value is -3.23. The van der Waals surface area contributed by atoms with Gasteiger partial charge in [-0.3, -0.25) is 10.1 Å². The standard InChI is InChI=1S/C20H26N2O7/c1-26-15-11-17(28-3)16(27-2)10-13(15)8-9-19(24)29-12-18(23)22-20(25)21-14-6-4-5-7-14/h8-11,14H,4-7,12H2,1-3H3,(H2,21,22,23,25)/b9-8+. The van der Waals surface area contributed by atoms with Crippen molar-refractivity contribution >= 4 is 24.0 Å². The van der Waals surface area contributed by atoms with Crippen LogP contribution in [0.1, 0.15) is 31.2 Å². The number of carbonyl (C=O) groups is 3. The third-order valence-electron chi connectivity index (χ3n) is 4.42. The molecule has 2 rings (SSSR count). The van der Waals surface area contributed by atoms with Crippen molar-refractivity contribution in [3.8, 4) is 17.2 Å². The van der Waals surface area contributed by atoms with E-state index in [1.165, 1.54) is 27.4 Å². The fraction of sp³-hybridized carbons (Fsp3) is 0.450. The van der Waals surface area contributed by atoms with Crippen LogP contribution in [0.5, 0.6) is 17.2 Å². The Labute approximate surface area is 169 Å². The summed E-state index contributed by atoms with van der Waals surface area (Å²) >= 11 is 0. The molecule has 0 spiro atoms. The number of imide groups is 1. The maximum Gasteiger partial charge on any atom is 0.331 e. The normalized spacial score (nSPS) is 13.8. The summed E-state index contributed by atoms with van der Waals surface area (Å²) in [5, 5.41) is 4.86. The summed E-state index contributed by atoms with van der Waals surface area (Å²) in [6, 6.07) is 2.77. The Morgan fingerprint density at radius 2 is 1.62 bits per heavy atom. The Balaban J connectivity index is 1.85. The number of nitrogens with one attached hydrogen (secondary N) is 2. The van der Waals surface area contributed by atoms with Crippen molar-refractivity contribution in [3.05, 3.63) is 23.8 Å². The molecular formula is C20H26N2O7. The highest BCUT2D eigenvalue weighted by Gasteiger charge is 2.18. The van der Waals surface area contributed by atoms with Crippen molar-refractivity contribution in [2.45, 2.75) is 31.7 Å². The van der Waals surface area contributed by atoms with Crippen molar-refractivity contribution in [2.24, 2.45) is 0 Å². The number of benzene rings is 1. The van der Waals surface area contributed by atoms with E-state index in [0.717, 1.165) is 31.8 Å². The van der Waals surface area contributed by atoms with Gasteiger partial charge < -0.3 is 24.3 Å².